The highest BCUT2D eigenvalue weighted by molar-refractivity contribution is 4.90. The lowest BCUT2D eigenvalue weighted by molar-refractivity contribution is 0.164. The van der Waals surface area contributed by atoms with Gasteiger partial charge in [0.25, 0.3) is 0 Å². The van der Waals surface area contributed by atoms with Gasteiger partial charge in [0.1, 0.15) is 6.10 Å². The van der Waals surface area contributed by atoms with Gasteiger partial charge in [0.05, 0.1) is 0 Å². The fourth-order valence-electron chi connectivity index (χ4n) is 0.0680. The van der Waals surface area contributed by atoms with Crippen LogP contribution in [0.2, 0.25) is 0 Å². The second-order valence-corrected chi connectivity index (χ2v) is 1.04. The van der Waals surface area contributed by atoms with Gasteiger partial charge in [-0.25, -0.2) is 0 Å². The molecule has 0 radical (unpaired) electrons. The first-order chi connectivity index (χ1) is 2.81. The Morgan fingerprint density at radius 3 is 2.14 bits per heavy atom. The number of rotatable bonds is 1. The third kappa shape index (κ3) is 5.52. The normalized spacial score (nSPS) is 11.0. The second kappa shape index (κ2) is 5.52. The van der Waals surface area contributed by atoms with E-state index in [1.54, 1.807) is 7.11 Å². The fourth-order valence-corrected chi connectivity index (χ4v) is 0.0680. The molecule has 0 aromatic carbocycles. The van der Waals surface area contributed by atoms with Crippen molar-refractivity contribution in [3.63, 3.8) is 0 Å². The highest BCUT2D eigenvalue weighted by Crippen LogP contribution is 1.78. The maximum atomic E-state index is 4.91. The van der Waals surface area contributed by atoms with Gasteiger partial charge in [0, 0.05) is 7.11 Å². The summed E-state index contributed by atoms with van der Waals surface area (Å²) in [5.41, 5.74) is 0. The minimum atomic E-state index is -0.0370. The van der Waals surface area contributed by atoms with E-state index in [1.807, 2.05) is 6.92 Å². The number of hydrogen-bond donors (Lipinski definition) is 0. The van der Waals surface area contributed by atoms with Gasteiger partial charge in [-0.2, -0.15) is 0 Å². The molecule has 1 heteroatoms. The van der Waals surface area contributed by atoms with Crippen LogP contribution in [-0.2, 0) is 4.74 Å². The highest BCUT2D eigenvalue weighted by Gasteiger charge is 1.84. The largest absolute Gasteiger partial charge is 0.369 e. The van der Waals surface area contributed by atoms with Crippen molar-refractivity contribution >= 4 is 0 Å². The quantitative estimate of drug-likeness (QED) is 0.451. The van der Waals surface area contributed by atoms with Crippen molar-refractivity contribution in [2.45, 2.75) is 20.5 Å². The molecule has 1 atom stereocenters. The van der Waals surface area contributed by atoms with E-state index < -0.39 is 0 Å². The van der Waals surface area contributed by atoms with Crippen LogP contribution in [0.1, 0.15) is 14.4 Å². The molecule has 7 heavy (non-hydrogen) atoms. The Morgan fingerprint density at radius 2 is 2.14 bits per heavy atom. The first kappa shape index (κ1) is 9.72. The number of hydrogen-bond acceptors (Lipinski definition) is 1. The van der Waals surface area contributed by atoms with E-state index in [2.05, 4.69) is 10.7 Å². The summed E-state index contributed by atoms with van der Waals surface area (Å²) >= 11 is 0. The van der Waals surface area contributed by atoms with E-state index in [9.17, 15) is 0 Å². The molecule has 0 fully saturated rings. The third-order valence-electron chi connectivity index (χ3n) is 0.588. The smallest absolute Gasteiger partial charge is 0.114 e. The lowest BCUT2D eigenvalue weighted by atomic mass is 10.4. The molecule has 0 spiro atoms. The van der Waals surface area contributed by atoms with Crippen LogP contribution in [0.25, 0.3) is 0 Å². The van der Waals surface area contributed by atoms with Gasteiger partial charge in [-0.05, 0) is 6.92 Å². The minimum Gasteiger partial charge on any atom is -0.369 e. The summed E-state index contributed by atoms with van der Waals surface area (Å²) in [7, 11) is 1.59. The van der Waals surface area contributed by atoms with Gasteiger partial charge < -0.3 is 4.74 Å². The molecule has 0 aliphatic heterocycles. The number of terminal acetylenes is 1. The topological polar surface area (TPSA) is 9.23 Å². The predicted octanol–water partition coefficient (Wildman–Crippen LogP) is 1.29. The van der Waals surface area contributed by atoms with Crippen LogP contribution >= 0.6 is 0 Å². The summed E-state index contributed by atoms with van der Waals surface area (Å²) in [6.07, 6.45) is 4.87. The van der Waals surface area contributed by atoms with Crippen LogP contribution in [0.5, 0.6) is 0 Å². The van der Waals surface area contributed by atoms with Gasteiger partial charge in [0.2, 0.25) is 0 Å². The van der Waals surface area contributed by atoms with Crippen molar-refractivity contribution in [2.75, 3.05) is 7.11 Å². The van der Waals surface area contributed by atoms with Crippen molar-refractivity contribution in [1.29, 1.82) is 0 Å². The lowest BCUT2D eigenvalue weighted by Crippen LogP contribution is -1.97. The summed E-state index contributed by atoms with van der Waals surface area (Å²) in [5, 5.41) is 0. The zero-order chi connectivity index (χ0) is 4.99. The zero-order valence-electron chi connectivity index (χ0n) is 4.06. The Kier molecular flexibility index (Phi) is 7.67. The fraction of sp³-hybridized carbons (Fsp3) is 0.667. The average molecular weight is 100 g/mol. The predicted molar refractivity (Wildman–Crippen MR) is 32.0 cm³/mol. The summed E-state index contributed by atoms with van der Waals surface area (Å²) in [4.78, 5) is 0. The zero-order valence-corrected chi connectivity index (χ0v) is 4.06. The van der Waals surface area contributed by atoms with Crippen molar-refractivity contribution in [3.05, 3.63) is 0 Å². The molecule has 0 saturated heterocycles. The maximum Gasteiger partial charge on any atom is 0.114 e. The molecule has 0 amide bonds. The molecule has 0 saturated carbocycles. The first-order valence-corrected chi connectivity index (χ1v) is 1.80. The maximum absolute atomic E-state index is 4.91. The van der Waals surface area contributed by atoms with Crippen LogP contribution in [0.3, 0.4) is 0 Å². The molecule has 0 bridgehead atoms. The van der Waals surface area contributed by atoms with E-state index in [1.165, 1.54) is 0 Å². The Balaban J connectivity index is 0. The van der Waals surface area contributed by atoms with Crippen molar-refractivity contribution < 1.29 is 4.74 Å². The molecule has 0 heterocycles. The van der Waals surface area contributed by atoms with Crippen molar-refractivity contribution in [2.24, 2.45) is 0 Å². The van der Waals surface area contributed by atoms with E-state index in [-0.39, 0.29) is 13.5 Å². The minimum absolute atomic E-state index is 0. The molecule has 0 aromatic heterocycles. The van der Waals surface area contributed by atoms with E-state index in [0.717, 1.165) is 0 Å². The molecular formula is C6H12O. The Morgan fingerprint density at radius 1 is 1.71 bits per heavy atom. The van der Waals surface area contributed by atoms with Crippen LogP contribution in [0.4, 0.5) is 0 Å². The molecular weight excluding hydrogens is 88.1 g/mol. The SMILES string of the molecule is C.C#CC(C)OC. The summed E-state index contributed by atoms with van der Waals surface area (Å²) in [6, 6.07) is 0. The van der Waals surface area contributed by atoms with Gasteiger partial charge in [0.15, 0.2) is 0 Å². The summed E-state index contributed by atoms with van der Waals surface area (Å²) < 4.78 is 4.66. The van der Waals surface area contributed by atoms with Crippen LogP contribution in [0, 0.1) is 12.3 Å². The number of methoxy groups -OCH3 is 1. The summed E-state index contributed by atoms with van der Waals surface area (Å²) in [6.45, 7) is 1.82. The lowest BCUT2D eigenvalue weighted by Gasteiger charge is -1.94. The second-order valence-electron chi connectivity index (χ2n) is 1.04. The van der Waals surface area contributed by atoms with Crippen LogP contribution in [-0.4, -0.2) is 13.2 Å². The molecule has 1 nitrogen and oxygen atoms in total. The third-order valence-corrected chi connectivity index (χ3v) is 0.588. The monoisotopic (exact) mass is 100 g/mol. The summed E-state index contributed by atoms with van der Waals surface area (Å²) in [5.74, 6) is 2.39. The average Bonchev–Trinajstić information content (AvgIpc) is 1.65. The Labute approximate surface area is 45.7 Å². The molecule has 0 aromatic rings. The molecule has 1 unspecified atom stereocenters. The van der Waals surface area contributed by atoms with E-state index in [0.29, 0.717) is 0 Å². The highest BCUT2D eigenvalue weighted by atomic mass is 16.5. The standard InChI is InChI=1S/C5H8O.CH4/c1-4-5(2)6-3;/h1,5H,2-3H3;1H4. The Bertz CT molecular complexity index is 61.1. The number of ether oxygens (including phenoxy) is 1. The van der Waals surface area contributed by atoms with Crippen molar-refractivity contribution in [3.8, 4) is 12.3 Å². The van der Waals surface area contributed by atoms with Crippen LogP contribution < -0.4 is 0 Å². The van der Waals surface area contributed by atoms with Gasteiger partial charge in [-0.15, -0.1) is 6.42 Å². The molecule has 0 N–H and O–H groups in total. The molecule has 42 valence electrons. The van der Waals surface area contributed by atoms with E-state index >= 15 is 0 Å². The first-order valence-electron chi connectivity index (χ1n) is 1.80. The Hall–Kier alpha value is -0.480. The van der Waals surface area contributed by atoms with E-state index in [4.69, 9.17) is 6.42 Å². The molecule has 0 rings (SSSR count). The van der Waals surface area contributed by atoms with Gasteiger partial charge in [-0.3, -0.25) is 0 Å². The van der Waals surface area contributed by atoms with Crippen molar-refractivity contribution in [1.82, 2.24) is 0 Å². The van der Waals surface area contributed by atoms with Gasteiger partial charge >= 0.3 is 0 Å². The molecule has 0 aliphatic carbocycles. The van der Waals surface area contributed by atoms with Gasteiger partial charge in [-0.1, -0.05) is 13.3 Å². The van der Waals surface area contributed by atoms with Crippen LogP contribution in [0.15, 0.2) is 0 Å². The molecule has 0 aliphatic rings.